The summed E-state index contributed by atoms with van der Waals surface area (Å²) < 4.78 is 0. The van der Waals surface area contributed by atoms with Crippen molar-refractivity contribution in [2.45, 2.75) is 52.0 Å². The molecule has 1 fully saturated rings. The maximum atomic E-state index is 8.65. The molecule has 0 amide bonds. The van der Waals surface area contributed by atoms with E-state index < -0.39 is 0 Å². The molecule has 0 bridgehead atoms. The number of hydrogen-bond acceptors (Lipinski definition) is 2. The van der Waals surface area contributed by atoms with Gasteiger partial charge in [-0.25, -0.2) is 0 Å². The van der Waals surface area contributed by atoms with Crippen LogP contribution in [-0.4, -0.2) is 12.6 Å². The lowest BCUT2D eigenvalue weighted by Crippen LogP contribution is -2.35. The molecule has 1 unspecified atom stereocenters. The molecule has 0 aromatic rings. The molecule has 0 saturated heterocycles. The third-order valence-electron chi connectivity index (χ3n) is 3.36. The molecule has 0 radical (unpaired) electrons. The zero-order chi connectivity index (χ0) is 10.4. The van der Waals surface area contributed by atoms with Gasteiger partial charge in [0.2, 0.25) is 0 Å². The predicted octanol–water partition coefficient (Wildman–Crippen LogP) is 2.70. The zero-order valence-corrected chi connectivity index (χ0v) is 9.42. The van der Waals surface area contributed by atoms with E-state index in [1.54, 1.807) is 0 Å². The Hall–Kier alpha value is -0.550. The molecule has 2 nitrogen and oxygen atoms in total. The van der Waals surface area contributed by atoms with Crippen molar-refractivity contribution < 1.29 is 0 Å². The molecule has 1 saturated carbocycles. The maximum absolute atomic E-state index is 8.65. The van der Waals surface area contributed by atoms with Crippen molar-refractivity contribution in [2.75, 3.05) is 6.54 Å². The van der Waals surface area contributed by atoms with Gasteiger partial charge in [-0.3, -0.25) is 0 Å². The fourth-order valence-corrected chi connectivity index (χ4v) is 2.16. The summed E-state index contributed by atoms with van der Waals surface area (Å²) in [7, 11) is 0. The third kappa shape index (κ3) is 3.67. The van der Waals surface area contributed by atoms with E-state index in [2.05, 4.69) is 18.3 Å². The van der Waals surface area contributed by atoms with Crippen molar-refractivity contribution in [3.05, 3.63) is 0 Å². The van der Waals surface area contributed by atoms with Crippen LogP contribution in [0.5, 0.6) is 0 Å². The Kier molecular flexibility index (Phi) is 4.97. The first-order chi connectivity index (χ1) is 6.76. The lowest BCUT2D eigenvalue weighted by atomic mass is 9.84. The van der Waals surface area contributed by atoms with Gasteiger partial charge in [0.25, 0.3) is 0 Å². The summed E-state index contributed by atoms with van der Waals surface area (Å²) in [6.07, 6.45) is 6.68. The number of nitrogens with zero attached hydrogens (tertiary/aromatic N) is 1. The Bertz CT molecular complexity index is 187. The normalized spacial score (nSPS) is 29.5. The quantitative estimate of drug-likeness (QED) is 0.747. The van der Waals surface area contributed by atoms with Crippen molar-refractivity contribution in [3.63, 3.8) is 0 Å². The zero-order valence-electron chi connectivity index (χ0n) is 9.42. The molecule has 0 spiro atoms. The molecule has 80 valence electrons. The van der Waals surface area contributed by atoms with Crippen molar-refractivity contribution in [3.8, 4) is 6.07 Å². The van der Waals surface area contributed by atoms with Gasteiger partial charge in [0.15, 0.2) is 0 Å². The van der Waals surface area contributed by atoms with Crippen molar-refractivity contribution >= 4 is 0 Å². The monoisotopic (exact) mass is 194 g/mol. The summed E-state index contributed by atoms with van der Waals surface area (Å²) in [5.41, 5.74) is 0. The molecular weight excluding hydrogens is 172 g/mol. The highest BCUT2D eigenvalue weighted by Crippen LogP contribution is 2.26. The highest BCUT2D eigenvalue weighted by atomic mass is 14.9. The summed E-state index contributed by atoms with van der Waals surface area (Å²) in [6.45, 7) is 5.12. The fraction of sp³-hybridized carbons (Fsp3) is 0.917. The lowest BCUT2D eigenvalue weighted by Gasteiger charge is -2.28. The van der Waals surface area contributed by atoms with Crippen LogP contribution in [0.2, 0.25) is 0 Å². The number of hydrogen-bond donors (Lipinski definition) is 1. The second kappa shape index (κ2) is 6.03. The first kappa shape index (κ1) is 11.5. The van der Waals surface area contributed by atoms with Gasteiger partial charge in [0.05, 0.1) is 12.0 Å². The van der Waals surface area contributed by atoms with Crippen molar-refractivity contribution in [1.29, 1.82) is 5.26 Å². The molecule has 1 aliphatic rings. The Balaban J connectivity index is 2.13. The molecule has 14 heavy (non-hydrogen) atoms. The SMILES string of the molecule is CCC1CCC(NCC(C)C#N)CC1. The van der Waals surface area contributed by atoms with E-state index in [1.165, 1.54) is 32.1 Å². The average molecular weight is 194 g/mol. The van der Waals surface area contributed by atoms with Crippen LogP contribution in [0, 0.1) is 23.2 Å². The minimum absolute atomic E-state index is 0.152. The van der Waals surface area contributed by atoms with Gasteiger partial charge in [0.1, 0.15) is 0 Å². The minimum Gasteiger partial charge on any atom is -0.313 e. The van der Waals surface area contributed by atoms with E-state index in [9.17, 15) is 0 Å². The van der Waals surface area contributed by atoms with E-state index >= 15 is 0 Å². The van der Waals surface area contributed by atoms with E-state index in [0.29, 0.717) is 6.04 Å². The second-order valence-corrected chi connectivity index (χ2v) is 4.56. The van der Waals surface area contributed by atoms with E-state index in [4.69, 9.17) is 5.26 Å². The van der Waals surface area contributed by atoms with Crippen LogP contribution in [0.3, 0.4) is 0 Å². The highest BCUT2D eigenvalue weighted by Gasteiger charge is 2.19. The van der Waals surface area contributed by atoms with Crippen LogP contribution in [0.4, 0.5) is 0 Å². The molecule has 1 atom stereocenters. The number of nitriles is 1. The lowest BCUT2D eigenvalue weighted by molar-refractivity contribution is 0.283. The van der Waals surface area contributed by atoms with Gasteiger partial charge in [0, 0.05) is 12.6 Å². The Morgan fingerprint density at radius 1 is 1.36 bits per heavy atom. The second-order valence-electron chi connectivity index (χ2n) is 4.56. The largest absolute Gasteiger partial charge is 0.313 e. The average Bonchev–Trinajstić information content (AvgIpc) is 2.26. The highest BCUT2D eigenvalue weighted by molar-refractivity contribution is 4.83. The maximum Gasteiger partial charge on any atom is 0.0666 e. The summed E-state index contributed by atoms with van der Waals surface area (Å²) in [5.74, 6) is 1.11. The van der Waals surface area contributed by atoms with Crippen LogP contribution in [0.25, 0.3) is 0 Å². The van der Waals surface area contributed by atoms with Crippen LogP contribution < -0.4 is 5.32 Å². The fourth-order valence-electron chi connectivity index (χ4n) is 2.16. The Labute approximate surface area is 87.7 Å². The molecular formula is C12H22N2. The van der Waals surface area contributed by atoms with E-state index in [-0.39, 0.29) is 5.92 Å². The summed E-state index contributed by atoms with van der Waals surface area (Å²) >= 11 is 0. The topological polar surface area (TPSA) is 35.8 Å². The summed E-state index contributed by atoms with van der Waals surface area (Å²) in [6, 6.07) is 2.94. The van der Waals surface area contributed by atoms with Crippen LogP contribution in [0.1, 0.15) is 46.0 Å². The van der Waals surface area contributed by atoms with Crippen LogP contribution in [-0.2, 0) is 0 Å². The van der Waals surface area contributed by atoms with Gasteiger partial charge >= 0.3 is 0 Å². The van der Waals surface area contributed by atoms with Gasteiger partial charge in [-0.2, -0.15) is 5.26 Å². The van der Waals surface area contributed by atoms with Crippen molar-refractivity contribution in [1.82, 2.24) is 5.32 Å². The number of rotatable bonds is 4. The summed E-state index contributed by atoms with van der Waals surface area (Å²) in [4.78, 5) is 0. The van der Waals surface area contributed by atoms with Crippen LogP contribution >= 0.6 is 0 Å². The Morgan fingerprint density at radius 2 is 2.00 bits per heavy atom. The molecule has 1 rings (SSSR count). The van der Waals surface area contributed by atoms with E-state index in [0.717, 1.165) is 12.5 Å². The van der Waals surface area contributed by atoms with Crippen LogP contribution in [0.15, 0.2) is 0 Å². The van der Waals surface area contributed by atoms with Gasteiger partial charge in [-0.15, -0.1) is 0 Å². The third-order valence-corrected chi connectivity index (χ3v) is 3.36. The molecule has 0 aromatic heterocycles. The Morgan fingerprint density at radius 3 is 2.50 bits per heavy atom. The predicted molar refractivity (Wildman–Crippen MR) is 58.8 cm³/mol. The smallest absolute Gasteiger partial charge is 0.0666 e. The standard InChI is InChI=1S/C12H22N2/c1-3-11-4-6-12(7-5-11)14-9-10(2)8-13/h10-12,14H,3-7,9H2,1-2H3. The van der Waals surface area contributed by atoms with Gasteiger partial charge in [-0.1, -0.05) is 13.3 Å². The molecule has 1 N–H and O–H groups in total. The van der Waals surface area contributed by atoms with Gasteiger partial charge in [-0.05, 0) is 38.5 Å². The molecule has 1 aliphatic carbocycles. The first-order valence-electron chi connectivity index (χ1n) is 5.89. The molecule has 0 aliphatic heterocycles. The summed E-state index contributed by atoms with van der Waals surface area (Å²) in [5, 5.41) is 12.1. The number of nitrogens with one attached hydrogen (secondary N) is 1. The minimum atomic E-state index is 0.152. The van der Waals surface area contributed by atoms with E-state index in [1.807, 2.05) is 6.92 Å². The molecule has 0 heterocycles. The molecule has 2 heteroatoms. The first-order valence-corrected chi connectivity index (χ1v) is 5.89. The molecule has 0 aromatic carbocycles. The van der Waals surface area contributed by atoms with Crippen molar-refractivity contribution in [2.24, 2.45) is 11.8 Å². The van der Waals surface area contributed by atoms with Gasteiger partial charge < -0.3 is 5.32 Å².